The van der Waals surface area contributed by atoms with Gasteiger partial charge in [-0.05, 0) is 12.1 Å². The lowest BCUT2D eigenvalue weighted by Crippen LogP contribution is -2.15. The second-order valence-electron chi connectivity index (χ2n) is 3.29. The van der Waals surface area contributed by atoms with Gasteiger partial charge in [0.25, 0.3) is 0 Å². The molecule has 1 aromatic rings. The quantitative estimate of drug-likeness (QED) is 0.802. The van der Waals surface area contributed by atoms with E-state index in [1.54, 1.807) is 6.07 Å². The lowest BCUT2D eigenvalue weighted by molar-refractivity contribution is 0.0690. The zero-order valence-corrected chi connectivity index (χ0v) is 8.05. The molecule has 5 nitrogen and oxygen atoms in total. The molecule has 80 valence electrons. The number of carbonyl (C=O) groups is 1. The van der Waals surface area contributed by atoms with Gasteiger partial charge in [-0.3, -0.25) is 0 Å². The summed E-state index contributed by atoms with van der Waals surface area (Å²) in [7, 11) is 0. The number of carboxylic acids is 1. The average Bonchev–Trinajstić information content (AvgIpc) is 2.71. The summed E-state index contributed by atoms with van der Waals surface area (Å²) >= 11 is 0. The molecule has 1 fully saturated rings. The standard InChI is InChI=1S/C10H11NO4/c12-10(13)9-2-1-7(5-11-9)15-8-3-4-14-6-8/h1-2,5,8H,3-4,6H2,(H,12,13). The van der Waals surface area contributed by atoms with Gasteiger partial charge in [0.15, 0.2) is 0 Å². The first-order chi connectivity index (χ1) is 7.25. The number of carboxylic acid groups (broad SMARTS) is 1. The number of rotatable bonds is 3. The van der Waals surface area contributed by atoms with Gasteiger partial charge in [-0.1, -0.05) is 0 Å². The second-order valence-corrected chi connectivity index (χ2v) is 3.29. The van der Waals surface area contributed by atoms with E-state index in [1.807, 2.05) is 0 Å². The molecule has 0 spiro atoms. The highest BCUT2D eigenvalue weighted by Crippen LogP contribution is 2.15. The molecule has 1 aliphatic heterocycles. The molecule has 1 atom stereocenters. The summed E-state index contributed by atoms with van der Waals surface area (Å²) in [5.74, 6) is -0.457. The van der Waals surface area contributed by atoms with Gasteiger partial charge in [-0.2, -0.15) is 0 Å². The van der Waals surface area contributed by atoms with Gasteiger partial charge in [0.05, 0.1) is 19.4 Å². The maximum absolute atomic E-state index is 10.5. The smallest absolute Gasteiger partial charge is 0.354 e. The highest BCUT2D eigenvalue weighted by molar-refractivity contribution is 5.85. The maximum atomic E-state index is 10.5. The summed E-state index contributed by atoms with van der Waals surface area (Å²) in [5.41, 5.74) is 0.0185. The van der Waals surface area contributed by atoms with Crippen LogP contribution in [0.2, 0.25) is 0 Å². The molecular weight excluding hydrogens is 198 g/mol. The number of pyridine rings is 1. The van der Waals surface area contributed by atoms with Crippen LogP contribution in [0, 0.1) is 0 Å². The monoisotopic (exact) mass is 209 g/mol. The minimum atomic E-state index is -1.04. The van der Waals surface area contributed by atoms with Gasteiger partial charge < -0.3 is 14.6 Å². The van der Waals surface area contributed by atoms with Gasteiger partial charge in [0.2, 0.25) is 0 Å². The van der Waals surface area contributed by atoms with E-state index in [4.69, 9.17) is 14.6 Å². The van der Waals surface area contributed by atoms with Crippen molar-refractivity contribution in [1.29, 1.82) is 0 Å². The van der Waals surface area contributed by atoms with Gasteiger partial charge in [-0.25, -0.2) is 9.78 Å². The summed E-state index contributed by atoms with van der Waals surface area (Å²) in [6.07, 6.45) is 2.34. The van der Waals surface area contributed by atoms with Crippen molar-refractivity contribution < 1.29 is 19.4 Å². The fourth-order valence-corrected chi connectivity index (χ4v) is 1.37. The molecule has 1 aromatic heterocycles. The van der Waals surface area contributed by atoms with E-state index in [-0.39, 0.29) is 11.8 Å². The summed E-state index contributed by atoms with van der Waals surface area (Å²) in [4.78, 5) is 14.3. The molecule has 0 amide bonds. The average molecular weight is 209 g/mol. The SMILES string of the molecule is O=C(O)c1ccc(OC2CCOC2)cn1. The van der Waals surface area contributed by atoms with E-state index in [0.29, 0.717) is 19.0 Å². The maximum Gasteiger partial charge on any atom is 0.354 e. The number of hydrogen-bond acceptors (Lipinski definition) is 4. The third-order valence-electron chi connectivity index (χ3n) is 2.15. The van der Waals surface area contributed by atoms with Crippen LogP contribution in [-0.4, -0.2) is 35.4 Å². The molecule has 1 unspecified atom stereocenters. The normalized spacial score (nSPS) is 20.1. The molecule has 0 aliphatic carbocycles. The lowest BCUT2D eigenvalue weighted by atomic mass is 10.3. The summed E-state index contributed by atoms with van der Waals surface area (Å²) < 4.78 is 10.7. The van der Waals surface area contributed by atoms with Gasteiger partial charge in [-0.15, -0.1) is 0 Å². The first-order valence-electron chi connectivity index (χ1n) is 4.69. The Kier molecular flexibility index (Phi) is 2.82. The summed E-state index contributed by atoms with van der Waals surface area (Å²) in [5, 5.41) is 8.64. The molecule has 2 heterocycles. The predicted molar refractivity (Wildman–Crippen MR) is 51.0 cm³/mol. The van der Waals surface area contributed by atoms with Crippen LogP contribution in [0.3, 0.4) is 0 Å². The molecule has 0 aromatic carbocycles. The second kappa shape index (κ2) is 4.27. The molecule has 1 saturated heterocycles. The number of aromatic carboxylic acids is 1. The zero-order chi connectivity index (χ0) is 10.7. The fraction of sp³-hybridized carbons (Fsp3) is 0.400. The highest BCUT2D eigenvalue weighted by atomic mass is 16.5. The molecule has 1 N–H and O–H groups in total. The van der Waals surface area contributed by atoms with E-state index < -0.39 is 5.97 Å². The third-order valence-corrected chi connectivity index (χ3v) is 2.15. The van der Waals surface area contributed by atoms with Crippen molar-refractivity contribution in [3.05, 3.63) is 24.0 Å². The molecular formula is C10H11NO4. The highest BCUT2D eigenvalue weighted by Gasteiger charge is 2.17. The third kappa shape index (κ3) is 2.44. The van der Waals surface area contributed by atoms with Gasteiger partial charge in [0.1, 0.15) is 17.5 Å². The number of ether oxygens (including phenoxy) is 2. The van der Waals surface area contributed by atoms with Crippen molar-refractivity contribution in [3.8, 4) is 5.75 Å². The van der Waals surface area contributed by atoms with E-state index in [2.05, 4.69) is 4.98 Å². The Labute approximate surface area is 86.7 Å². The van der Waals surface area contributed by atoms with Crippen LogP contribution >= 0.6 is 0 Å². The number of nitrogens with zero attached hydrogens (tertiary/aromatic N) is 1. The Morgan fingerprint density at radius 3 is 3.00 bits per heavy atom. The first-order valence-corrected chi connectivity index (χ1v) is 4.69. The molecule has 15 heavy (non-hydrogen) atoms. The van der Waals surface area contributed by atoms with Crippen molar-refractivity contribution in [2.45, 2.75) is 12.5 Å². The lowest BCUT2D eigenvalue weighted by Gasteiger charge is -2.10. The van der Waals surface area contributed by atoms with Crippen LogP contribution < -0.4 is 4.74 Å². The van der Waals surface area contributed by atoms with Gasteiger partial charge >= 0.3 is 5.97 Å². The van der Waals surface area contributed by atoms with Crippen LogP contribution in [0.4, 0.5) is 0 Å². The molecule has 1 aliphatic rings. The van der Waals surface area contributed by atoms with Crippen LogP contribution in [-0.2, 0) is 4.74 Å². The van der Waals surface area contributed by atoms with Crippen LogP contribution in [0.25, 0.3) is 0 Å². The summed E-state index contributed by atoms with van der Waals surface area (Å²) in [6.45, 7) is 1.30. The molecule has 0 bridgehead atoms. The largest absolute Gasteiger partial charge is 0.486 e. The summed E-state index contributed by atoms with van der Waals surface area (Å²) in [6, 6.07) is 3.03. The van der Waals surface area contributed by atoms with E-state index in [9.17, 15) is 4.79 Å². The Hall–Kier alpha value is -1.62. The molecule has 5 heteroatoms. The molecule has 0 radical (unpaired) electrons. The topological polar surface area (TPSA) is 68.7 Å². The van der Waals surface area contributed by atoms with Crippen LogP contribution in [0.5, 0.6) is 5.75 Å². The number of aromatic nitrogens is 1. The Balaban J connectivity index is 2.00. The molecule has 0 saturated carbocycles. The van der Waals surface area contributed by atoms with Crippen LogP contribution in [0.1, 0.15) is 16.9 Å². The van der Waals surface area contributed by atoms with Crippen LogP contribution in [0.15, 0.2) is 18.3 Å². The van der Waals surface area contributed by atoms with Crippen molar-refractivity contribution in [2.75, 3.05) is 13.2 Å². The van der Waals surface area contributed by atoms with Crippen molar-refractivity contribution in [3.63, 3.8) is 0 Å². The van der Waals surface area contributed by atoms with E-state index >= 15 is 0 Å². The Morgan fingerprint density at radius 2 is 2.47 bits per heavy atom. The molecule has 2 rings (SSSR count). The minimum absolute atomic E-state index is 0.0185. The number of hydrogen-bond donors (Lipinski definition) is 1. The first kappa shape index (κ1) is 9.92. The van der Waals surface area contributed by atoms with Crippen molar-refractivity contribution in [2.24, 2.45) is 0 Å². The zero-order valence-electron chi connectivity index (χ0n) is 8.05. The Morgan fingerprint density at radius 1 is 1.60 bits per heavy atom. The Bertz CT molecular complexity index is 343. The van der Waals surface area contributed by atoms with Gasteiger partial charge in [0, 0.05) is 6.42 Å². The fourth-order valence-electron chi connectivity index (χ4n) is 1.37. The van der Waals surface area contributed by atoms with Crippen molar-refractivity contribution >= 4 is 5.97 Å². The van der Waals surface area contributed by atoms with Crippen molar-refractivity contribution in [1.82, 2.24) is 4.98 Å². The van der Waals surface area contributed by atoms with E-state index in [0.717, 1.165) is 6.42 Å². The van der Waals surface area contributed by atoms with E-state index in [1.165, 1.54) is 12.3 Å². The predicted octanol–water partition coefficient (Wildman–Crippen LogP) is 0.948. The minimum Gasteiger partial charge on any atom is -0.486 e.